The summed E-state index contributed by atoms with van der Waals surface area (Å²) in [7, 11) is 0. The molecule has 5 nitrogen and oxygen atoms in total. The van der Waals surface area contributed by atoms with E-state index in [0.29, 0.717) is 16.7 Å². The molecule has 0 atom stereocenters. The number of nitrogens with zero attached hydrogens (tertiary/aromatic N) is 2. The molecule has 0 aliphatic heterocycles. The summed E-state index contributed by atoms with van der Waals surface area (Å²) in [5.41, 5.74) is 8.03. The Morgan fingerprint density at radius 3 is 2.54 bits per heavy atom. The molecule has 0 aliphatic rings. The first kappa shape index (κ1) is 23.3. The van der Waals surface area contributed by atoms with Crippen molar-refractivity contribution in [3.63, 3.8) is 0 Å². The van der Waals surface area contributed by atoms with Crippen molar-refractivity contribution in [3.05, 3.63) is 106 Å². The third kappa shape index (κ3) is 4.46. The SMILES string of the molecule is CC(=Nc1c[nH]c2c(-c3cccc4[nH]c(Nc5ccc(F)c(Cl)c5)nc34)cccc12)c1ccc(Cl)cc1. The Morgan fingerprint density at radius 1 is 0.946 bits per heavy atom. The minimum Gasteiger partial charge on any atom is -0.359 e. The predicted octanol–water partition coefficient (Wildman–Crippen LogP) is 9.04. The van der Waals surface area contributed by atoms with Crippen LogP contribution in [0.15, 0.2) is 90.1 Å². The van der Waals surface area contributed by atoms with Crippen LogP contribution in [0.5, 0.6) is 0 Å². The molecule has 0 fully saturated rings. The maximum atomic E-state index is 13.5. The van der Waals surface area contributed by atoms with Gasteiger partial charge in [-0.1, -0.05) is 65.7 Å². The van der Waals surface area contributed by atoms with Gasteiger partial charge in [-0.15, -0.1) is 0 Å². The van der Waals surface area contributed by atoms with Gasteiger partial charge in [0.05, 0.1) is 27.3 Å². The molecule has 0 saturated carbocycles. The average Bonchev–Trinajstić information content (AvgIpc) is 3.50. The molecule has 4 aromatic carbocycles. The zero-order valence-electron chi connectivity index (χ0n) is 19.6. The van der Waals surface area contributed by atoms with Gasteiger partial charge in [-0.2, -0.15) is 0 Å². The maximum absolute atomic E-state index is 13.5. The molecule has 0 saturated heterocycles. The van der Waals surface area contributed by atoms with Crippen LogP contribution in [0.4, 0.5) is 21.7 Å². The van der Waals surface area contributed by atoms with Crippen molar-refractivity contribution in [2.24, 2.45) is 4.99 Å². The number of halogens is 3. The smallest absolute Gasteiger partial charge is 0.205 e. The lowest BCUT2D eigenvalue weighted by atomic mass is 10.0. The molecule has 0 bridgehead atoms. The molecule has 2 aromatic heterocycles. The van der Waals surface area contributed by atoms with Gasteiger partial charge in [0.2, 0.25) is 5.95 Å². The number of benzene rings is 4. The first-order chi connectivity index (χ1) is 18.0. The van der Waals surface area contributed by atoms with Crippen LogP contribution in [0.25, 0.3) is 33.1 Å². The van der Waals surface area contributed by atoms with E-state index in [1.165, 1.54) is 12.1 Å². The van der Waals surface area contributed by atoms with Crippen LogP contribution in [-0.4, -0.2) is 20.7 Å². The average molecular weight is 528 g/mol. The molecular formula is C29H20Cl2FN5. The fourth-order valence-corrected chi connectivity index (χ4v) is 4.72. The molecule has 0 radical (unpaired) electrons. The summed E-state index contributed by atoms with van der Waals surface area (Å²) in [5.74, 6) is 0.0675. The van der Waals surface area contributed by atoms with Gasteiger partial charge in [0, 0.05) is 39.1 Å². The van der Waals surface area contributed by atoms with E-state index in [9.17, 15) is 4.39 Å². The molecule has 8 heteroatoms. The Balaban J connectivity index is 1.39. The molecule has 6 rings (SSSR count). The van der Waals surface area contributed by atoms with E-state index in [1.54, 1.807) is 6.07 Å². The summed E-state index contributed by atoms with van der Waals surface area (Å²) in [6.45, 7) is 1.99. The van der Waals surface area contributed by atoms with Crippen LogP contribution in [0, 0.1) is 5.82 Å². The second-order valence-corrected chi connectivity index (χ2v) is 9.49. The highest BCUT2D eigenvalue weighted by atomic mass is 35.5. The second kappa shape index (κ2) is 9.39. The van der Waals surface area contributed by atoms with Crippen LogP contribution < -0.4 is 5.32 Å². The van der Waals surface area contributed by atoms with Crippen molar-refractivity contribution in [1.29, 1.82) is 0 Å². The van der Waals surface area contributed by atoms with Crippen LogP contribution in [0.2, 0.25) is 10.0 Å². The summed E-state index contributed by atoms with van der Waals surface area (Å²) in [5, 5.41) is 4.92. The van der Waals surface area contributed by atoms with E-state index in [4.69, 9.17) is 33.2 Å². The first-order valence-corrected chi connectivity index (χ1v) is 12.3. The number of aliphatic imine (C=N–C) groups is 1. The van der Waals surface area contributed by atoms with Gasteiger partial charge in [0.15, 0.2) is 0 Å². The zero-order valence-corrected chi connectivity index (χ0v) is 21.1. The highest BCUT2D eigenvalue weighted by molar-refractivity contribution is 6.31. The number of nitrogens with one attached hydrogen (secondary N) is 3. The Labute approximate surface area is 222 Å². The number of rotatable bonds is 5. The van der Waals surface area contributed by atoms with E-state index in [0.717, 1.165) is 50.0 Å². The van der Waals surface area contributed by atoms with E-state index in [2.05, 4.69) is 27.4 Å². The molecule has 37 heavy (non-hydrogen) atoms. The van der Waals surface area contributed by atoms with Crippen LogP contribution >= 0.6 is 23.2 Å². The molecule has 182 valence electrons. The summed E-state index contributed by atoms with van der Waals surface area (Å²) in [6.07, 6.45) is 1.92. The highest BCUT2D eigenvalue weighted by Gasteiger charge is 2.14. The fourth-order valence-electron chi connectivity index (χ4n) is 4.41. The van der Waals surface area contributed by atoms with Crippen molar-refractivity contribution in [2.45, 2.75) is 6.92 Å². The van der Waals surface area contributed by atoms with Gasteiger partial charge >= 0.3 is 0 Å². The standard InChI is InChI=1S/C29H20Cl2FN5/c1-16(17-8-10-18(30)11-9-17)34-26-15-33-27-20(4-2-6-22(26)27)21-5-3-7-25-28(21)37-29(36-25)35-19-12-13-24(32)23(31)14-19/h2-15,33H,1H3,(H2,35,36,37). The minimum atomic E-state index is -0.467. The van der Waals surface area contributed by atoms with Crippen molar-refractivity contribution in [3.8, 4) is 11.1 Å². The van der Waals surface area contributed by atoms with E-state index < -0.39 is 5.82 Å². The van der Waals surface area contributed by atoms with Crippen LogP contribution in [0.1, 0.15) is 12.5 Å². The van der Waals surface area contributed by atoms with Gasteiger partial charge in [-0.25, -0.2) is 9.37 Å². The number of anilines is 2. The van der Waals surface area contributed by atoms with Gasteiger partial charge < -0.3 is 15.3 Å². The molecule has 6 aromatic rings. The summed E-state index contributed by atoms with van der Waals surface area (Å²) < 4.78 is 13.5. The third-order valence-corrected chi connectivity index (χ3v) is 6.77. The Bertz CT molecular complexity index is 1800. The fraction of sp³-hybridized carbons (Fsp3) is 0.0345. The number of para-hydroxylation sites is 2. The number of fused-ring (bicyclic) bond motifs is 2. The molecule has 3 N–H and O–H groups in total. The van der Waals surface area contributed by atoms with E-state index in [1.807, 2.05) is 61.7 Å². The zero-order chi connectivity index (χ0) is 25.5. The molecular weight excluding hydrogens is 508 g/mol. The van der Waals surface area contributed by atoms with Crippen LogP contribution in [-0.2, 0) is 0 Å². The quantitative estimate of drug-likeness (QED) is 0.195. The highest BCUT2D eigenvalue weighted by Crippen LogP contribution is 2.37. The number of imidazole rings is 1. The number of H-pyrrole nitrogens is 2. The molecule has 0 amide bonds. The van der Waals surface area contributed by atoms with Gasteiger partial charge in [0.1, 0.15) is 5.82 Å². The summed E-state index contributed by atoms with van der Waals surface area (Å²) in [4.78, 5) is 16.4. The first-order valence-electron chi connectivity index (χ1n) is 11.6. The summed E-state index contributed by atoms with van der Waals surface area (Å²) >= 11 is 12.0. The topological polar surface area (TPSA) is 68.9 Å². The van der Waals surface area contributed by atoms with Crippen molar-refractivity contribution < 1.29 is 4.39 Å². The Morgan fingerprint density at radius 2 is 1.73 bits per heavy atom. The summed E-state index contributed by atoms with van der Waals surface area (Å²) in [6, 6.07) is 24.2. The number of hydrogen-bond donors (Lipinski definition) is 3. The van der Waals surface area contributed by atoms with Crippen molar-refractivity contribution in [1.82, 2.24) is 15.0 Å². The number of hydrogen-bond acceptors (Lipinski definition) is 3. The second-order valence-electron chi connectivity index (χ2n) is 8.65. The van der Waals surface area contributed by atoms with E-state index in [-0.39, 0.29) is 5.02 Å². The monoisotopic (exact) mass is 527 g/mol. The predicted molar refractivity (Wildman–Crippen MR) is 151 cm³/mol. The lowest BCUT2D eigenvalue weighted by molar-refractivity contribution is 0.628. The van der Waals surface area contributed by atoms with Crippen molar-refractivity contribution in [2.75, 3.05) is 5.32 Å². The number of aromatic nitrogens is 3. The van der Waals surface area contributed by atoms with Gasteiger partial charge in [-0.3, -0.25) is 4.99 Å². The largest absolute Gasteiger partial charge is 0.359 e. The molecule has 0 spiro atoms. The van der Waals surface area contributed by atoms with E-state index >= 15 is 0 Å². The van der Waals surface area contributed by atoms with Gasteiger partial charge in [-0.05, 0) is 48.9 Å². The Kier molecular flexibility index (Phi) is 5.91. The number of aromatic amines is 2. The molecule has 0 aliphatic carbocycles. The molecule has 0 unspecified atom stereocenters. The minimum absolute atomic E-state index is 0.0463. The lowest BCUT2D eigenvalue weighted by Crippen LogP contribution is -1.92. The third-order valence-electron chi connectivity index (χ3n) is 6.23. The van der Waals surface area contributed by atoms with Crippen molar-refractivity contribution >= 4 is 68.2 Å². The normalized spacial score (nSPS) is 11.9. The maximum Gasteiger partial charge on any atom is 0.205 e. The Hall–Kier alpha value is -4.13. The van der Waals surface area contributed by atoms with Crippen LogP contribution in [0.3, 0.4) is 0 Å². The van der Waals surface area contributed by atoms with Gasteiger partial charge in [0.25, 0.3) is 0 Å². The lowest BCUT2D eigenvalue weighted by Gasteiger charge is -2.05. The molecule has 2 heterocycles.